The van der Waals surface area contributed by atoms with Crippen LogP contribution in [0.15, 0.2) is 0 Å². The van der Waals surface area contributed by atoms with E-state index in [4.69, 9.17) is 66.2 Å². The average Bonchev–Trinajstić information content (AvgIpc) is 0.787. The van der Waals surface area contributed by atoms with Crippen LogP contribution in [0.1, 0.15) is 0 Å². The molecule has 0 aromatic carbocycles. The van der Waals surface area contributed by atoms with Gasteiger partial charge in [0.05, 0.1) is 0 Å². The van der Waals surface area contributed by atoms with Gasteiger partial charge in [0.2, 0.25) is 58.6 Å². The summed E-state index contributed by atoms with van der Waals surface area (Å²) in [6.45, 7) is 91.2. The minimum absolute atomic E-state index is 0.427. The van der Waals surface area contributed by atoms with Crippen LogP contribution in [0, 0.1) is 0 Å². The highest BCUT2D eigenvalue weighted by atomic mass is 28.5. The summed E-state index contributed by atoms with van der Waals surface area (Å²) in [5, 5.41) is 0. The van der Waals surface area contributed by atoms with Crippen molar-refractivity contribution in [1.29, 1.82) is 0 Å². The van der Waals surface area contributed by atoms with Gasteiger partial charge in [-0.3, -0.25) is 0 Å². The molecule has 0 rings (SSSR count). The van der Waals surface area contributed by atoms with Crippen molar-refractivity contribution < 1.29 is 66.2 Å². The summed E-state index contributed by atoms with van der Waals surface area (Å²) in [6.07, 6.45) is 0. The molecule has 0 aliphatic rings. The van der Waals surface area contributed by atoms with Crippen LogP contribution >= 0.6 is 0 Å². The molecule has 99 heavy (non-hydrogen) atoms. The molecule has 0 atom stereocenters. The summed E-state index contributed by atoms with van der Waals surface area (Å²) < 4.78 is 117. The minimum Gasteiger partial charge on any atom is -0.456 e. The van der Waals surface area contributed by atoms with E-state index in [0.717, 1.165) is 96.7 Å². The Bertz CT molecular complexity index is 2130. The largest absolute Gasteiger partial charge is 0.469 e. The molecule has 16 nitrogen and oxygen atoms in total. The molecule has 0 fully saturated rings. The van der Waals surface area contributed by atoms with E-state index in [0.29, 0.717) is 70.7 Å². The molecule has 0 unspecified atom stereocenters. The van der Waals surface area contributed by atoms with Crippen LogP contribution in [0.5, 0.6) is 0 Å². The first kappa shape index (κ1) is 104. The summed E-state index contributed by atoms with van der Waals surface area (Å²) in [4.78, 5) is 0. The molecule has 0 saturated carbocycles. The molecule has 0 bridgehead atoms. The van der Waals surface area contributed by atoms with Gasteiger partial charge in [0.25, 0.3) is 0 Å². The monoisotopic (exact) mass is 1810 g/mol. The van der Waals surface area contributed by atoms with Crippen molar-refractivity contribution in [3.05, 3.63) is 0 Å². The van der Waals surface area contributed by atoms with Crippen molar-refractivity contribution >= 4 is 218 Å². The second-order valence-corrected chi connectivity index (χ2v) is 129. The Morgan fingerprint density at radius 3 is 0.505 bits per heavy atom. The molecule has 0 amide bonds. The van der Waals surface area contributed by atoms with Gasteiger partial charge in [-0.05, 0) is 346 Å². The second kappa shape index (κ2) is 42.2. The van der Waals surface area contributed by atoms with Crippen LogP contribution in [-0.2, 0) is 66.2 Å². The lowest BCUT2D eigenvalue weighted by Crippen LogP contribution is -2.64. The molecule has 0 aliphatic carbocycles. The first-order valence-electron chi connectivity index (χ1n) is 37.1. The molecule has 0 heterocycles. The van der Waals surface area contributed by atoms with Gasteiger partial charge in [-0.15, -0.1) is 0 Å². The summed E-state index contributed by atoms with van der Waals surface area (Å²) in [5.41, 5.74) is 0. The van der Waals surface area contributed by atoms with Gasteiger partial charge >= 0.3 is 26.4 Å². The zero-order chi connectivity index (χ0) is 77.8. The van der Waals surface area contributed by atoms with Crippen molar-refractivity contribution in [3.8, 4) is 0 Å². The third kappa shape index (κ3) is 55.8. The highest BCUT2D eigenvalue weighted by Gasteiger charge is 2.58. The topological polar surface area (TPSA) is 148 Å². The lowest BCUT2D eigenvalue weighted by molar-refractivity contribution is 0.237. The third-order valence-corrected chi connectivity index (χ3v) is 88.3. The zero-order valence-electron chi connectivity index (χ0n) is 71.8. The Kier molecular flexibility index (Phi) is 44.3. The molecule has 0 aromatic rings. The van der Waals surface area contributed by atoms with Crippen LogP contribution in [0.25, 0.3) is 0 Å². The van der Waals surface area contributed by atoms with E-state index in [2.05, 4.69) is 255 Å². The van der Waals surface area contributed by atoms with Gasteiger partial charge < -0.3 is 66.2 Å². The van der Waals surface area contributed by atoms with Gasteiger partial charge in [-0.25, -0.2) is 0 Å². The normalized spacial score (nSPS) is 15.3. The lowest BCUT2D eigenvalue weighted by Gasteiger charge is -2.48. The van der Waals surface area contributed by atoms with Gasteiger partial charge in [0.15, 0.2) is 133 Å². The highest BCUT2D eigenvalue weighted by molar-refractivity contribution is 6.96. The van der Waals surface area contributed by atoms with E-state index in [1.54, 1.807) is 0 Å². The van der Waals surface area contributed by atoms with Crippen molar-refractivity contribution in [3.63, 3.8) is 0 Å². The van der Waals surface area contributed by atoms with Crippen LogP contribution in [0.4, 0.5) is 0 Å². The molecule has 0 N–H and O–H groups in total. The van der Waals surface area contributed by atoms with Crippen molar-refractivity contribution in [1.82, 2.24) is 0 Å². The summed E-state index contributed by atoms with van der Waals surface area (Å²) in [7, 11) is -40.4. The van der Waals surface area contributed by atoms with E-state index in [-0.39, 0.29) is 0 Å². The number of hydrogen-bond donors (Lipinski definition) is 0. The van der Waals surface area contributed by atoms with Gasteiger partial charge in [-0.2, -0.15) is 0 Å². The smallest absolute Gasteiger partial charge is 0.456 e. The van der Waals surface area contributed by atoms with E-state index < -0.39 is 159 Å². The molecular weight excluding hydrogens is 1650 g/mol. The maximum absolute atomic E-state index is 8.30. The lowest BCUT2D eigenvalue weighted by atomic mass is 10.9. The summed E-state index contributed by atoms with van der Waals surface area (Å²) in [5.74, 6) is 0. The first-order chi connectivity index (χ1) is 43.8. The molecular formula is C58H156O16Si25. The van der Waals surface area contributed by atoms with Gasteiger partial charge in [0, 0.05) is 25.2 Å². The average molecular weight is 1810 g/mol. The van der Waals surface area contributed by atoms with E-state index in [1.807, 2.05) is 7.11 Å². The van der Waals surface area contributed by atoms with E-state index in [9.17, 15) is 0 Å². The molecule has 41 heteroatoms. The molecule has 0 aliphatic heterocycles. The maximum atomic E-state index is 8.30. The first-order valence-corrected chi connectivity index (χ1v) is 101. The van der Waals surface area contributed by atoms with Crippen LogP contribution in [-0.4, -0.2) is 225 Å². The fraction of sp³-hybridized carbons (Fsp3) is 1.00. The Hall–Kier alpha value is 4.78. The predicted molar refractivity (Wildman–Crippen MR) is 482 cm³/mol. The van der Waals surface area contributed by atoms with Crippen LogP contribution in [0.3, 0.4) is 0 Å². The van der Waals surface area contributed by atoms with Crippen molar-refractivity contribution in [2.75, 3.05) is 7.11 Å². The fourth-order valence-corrected chi connectivity index (χ4v) is 93.8. The third-order valence-electron chi connectivity index (χ3n) is 14.8. The van der Waals surface area contributed by atoms with E-state index in [1.165, 1.54) is 0 Å². The predicted octanol–water partition coefficient (Wildman–Crippen LogP) is 20.6. The Labute approximate surface area is 649 Å². The van der Waals surface area contributed by atoms with Crippen molar-refractivity contribution in [2.45, 2.75) is 364 Å². The second-order valence-electron chi connectivity index (χ2n) is 39.8. The fourth-order valence-electron chi connectivity index (χ4n) is 10.1. The molecule has 12 radical (unpaired) electrons. The Balaban J connectivity index is 8.55. The van der Waals surface area contributed by atoms with Crippen LogP contribution < -0.4 is 0 Å². The molecule has 0 spiro atoms. The zero-order valence-corrected chi connectivity index (χ0v) is 96.8. The maximum Gasteiger partial charge on any atom is 0.469 e. The van der Waals surface area contributed by atoms with Gasteiger partial charge in [-0.1, -0.05) is 0 Å². The Morgan fingerprint density at radius 2 is 0.323 bits per heavy atom. The minimum atomic E-state index is -3.67. The highest BCUT2D eigenvalue weighted by Crippen LogP contribution is 2.42. The molecule has 0 aromatic heterocycles. The summed E-state index contributed by atoms with van der Waals surface area (Å²) in [6, 6.07) is 16.6. The molecule has 584 valence electrons. The standard InChI is InChI=1S/C58H156O16Si25/c1-59-88(23,24)53-56-98(69-93(33,34)51-45-79-64-89(25,26)47-41-75-60-81(2,3)4,70-94(35,36)52-46-80-65-90(27,28)48-42-76-61-82(5,6)7)73-96(39,40)55-58-99(71-91(29,30)49-43-77-62-83(8,9)10,72-92(31,32)50-44-78-63-84(11,12)13)74-95(37,38)54-57-97(66-85(14,15)16,67-86(17,18)19)68-87(20,21)22/h41-58H2,1-40H3. The SMILES string of the molecule is CO[Si](C)(C)CC[Si](O[Si](C)(C)CC[Si]O[Si](C)(C)CC[Si]O[Si](C)(C)C)(O[Si](C)(C)CC[Si]O[Si](C)(C)CC[Si]O[Si](C)(C)C)O[Si](C)(C)CC[Si](O[Si](C)(C)CC[Si]O[Si](C)(C)C)(O[Si](C)(C)CC[Si]O[Si](C)(C)C)O[Si](C)(C)CC[Si](O[Si](C)(C)C)(O[Si](C)(C)C)O[Si](C)(C)C. The van der Waals surface area contributed by atoms with Crippen molar-refractivity contribution in [2.24, 2.45) is 0 Å². The van der Waals surface area contributed by atoms with E-state index >= 15 is 0 Å². The van der Waals surface area contributed by atoms with Crippen LogP contribution in [0.2, 0.25) is 364 Å². The number of hydrogen-bond acceptors (Lipinski definition) is 16. The number of rotatable bonds is 58. The summed E-state index contributed by atoms with van der Waals surface area (Å²) >= 11 is 0. The quantitative estimate of drug-likeness (QED) is 0.0420. The van der Waals surface area contributed by atoms with Gasteiger partial charge in [0.1, 0.15) is 0 Å². The Morgan fingerprint density at radius 1 is 0.162 bits per heavy atom. The molecule has 0 saturated heterocycles.